The predicted molar refractivity (Wildman–Crippen MR) is 33.7 cm³/mol. The van der Waals surface area contributed by atoms with E-state index in [1.165, 1.54) is 0 Å². The second kappa shape index (κ2) is 2.64. The fraction of sp³-hybridized carbons (Fsp3) is 1.00. The first-order chi connectivity index (χ1) is 4.21. The summed E-state index contributed by atoms with van der Waals surface area (Å²) < 4.78 is 23.8. The monoisotopic (exact) mass is 149 g/mol. The highest BCUT2D eigenvalue weighted by atomic mass is 32.2. The molecule has 0 amide bonds. The fourth-order valence-corrected chi connectivity index (χ4v) is 1.56. The third-order valence-electron chi connectivity index (χ3n) is 1.11. The lowest BCUT2D eigenvalue weighted by atomic mass is 10.6. The van der Waals surface area contributed by atoms with Crippen LogP contribution in [0.25, 0.3) is 0 Å². The molecule has 9 heavy (non-hydrogen) atoms. The molecule has 1 aliphatic heterocycles. The molecule has 1 rings (SSSR count). The Morgan fingerprint density at radius 1 is 1.33 bits per heavy atom. The van der Waals surface area contributed by atoms with Crippen LogP contribution in [0.3, 0.4) is 0 Å². The third kappa shape index (κ3) is 2.30. The van der Waals surface area contributed by atoms with Gasteiger partial charge in [0.1, 0.15) is 0 Å². The minimum atomic E-state index is -2.96. The van der Waals surface area contributed by atoms with E-state index >= 15 is 0 Å². The molecule has 0 unspecified atom stereocenters. The number of hydrogen-bond donors (Lipinski definition) is 1. The van der Waals surface area contributed by atoms with Crippen LogP contribution < -0.4 is 10.0 Å². The average molecular weight is 149 g/mol. The standard InChI is InChI=1S/C4H9N2O2S/c7-9(8)4-3-5-1-2-6-9/h6H,1-4H2. The van der Waals surface area contributed by atoms with Gasteiger partial charge in [-0.3, -0.25) is 0 Å². The molecular weight excluding hydrogens is 140 g/mol. The normalized spacial score (nSPS) is 27.1. The number of rotatable bonds is 0. The maximum atomic E-state index is 10.7. The summed E-state index contributed by atoms with van der Waals surface area (Å²) in [5.41, 5.74) is 0. The van der Waals surface area contributed by atoms with Crippen LogP contribution in [-0.2, 0) is 10.0 Å². The highest BCUT2D eigenvalue weighted by molar-refractivity contribution is 7.89. The summed E-state index contributed by atoms with van der Waals surface area (Å²) in [5, 5.41) is 3.92. The van der Waals surface area contributed by atoms with E-state index in [0.29, 0.717) is 19.6 Å². The van der Waals surface area contributed by atoms with Gasteiger partial charge in [-0.1, -0.05) is 0 Å². The van der Waals surface area contributed by atoms with Gasteiger partial charge in [-0.15, -0.1) is 0 Å². The summed E-state index contributed by atoms with van der Waals surface area (Å²) in [5.74, 6) is 0.146. The van der Waals surface area contributed by atoms with Crippen molar-refractivity contribution >= 4 is 10.0 Å². The van der Waals surface area contributed by atoms with Gasteiger partial charge in [0.15, 0.2) is 0 Å². The lowest BCUT2D eigenvalue weighted by molar-refractivity contribution is 0.586. The van der Waals surface area contributed by atoms with Crippen LogP contribution in [0.4, 0.5) is 0 Å². The second-order valence-corrected chi connectivity index (χ2v) is 3.81. The Bertz CT molecular complexity index is 161. The molecule has 1 heterocycles. The Kier molecular flexibility index (Phi) is 2.05. The van der Waals surface area contributed by atoms with E-state index in [0.717, 1.165) is 0 Å². The van der Waals surface area contributed by atoms with Gasteiger partial charge in [-0.2, -0.15) is 0 Å². The zero-order valence-electron chi connectivity index (χ0n) is 5.00. The smallest absolute Gasteiger partial charge is 0.212 e. The van der Waals surface area contributed by atoms with E-state index in [4.69, 9.17) is 0 Å². The summed E-state index contributed by atoms with van der Waals surface area (Å²) in [6.45, 7) is 1.51. The van der Waals surface area contributed by atoms with Gasteiger partial charge < -0.3 is 0 Å². The van der Waals surface area contributed by atoms with E-state index in [9.17, 15) is 8.42 Å². The van der Waals surface area contributed by atoms with Gasteiger partial charge in [0.05, 0.1) is 5.75 Å². The van der Waals surface area contributed by atoms with Crippen molar-refractivity contribution in [1.82, 2.24) is 10.0 Å². The number of hydrogen-bond acceptors (Lipinski definition) is 2. The van der Waals surface area contributed by atoms with Crippen molar-refractivity contribution in [2.24, 2.45) is 0 Å². The van der Waals surface area contributed by atoms with E-state index in [-0.39, 0.29) is 5.75 Å². The van der Waals surface area contributed by atoms with Crippen molar-refractivity contribution in [3.8, 4) is 0 Å². The highest BCUT2D eigenvalue weighted by Crippen LogP contribution is 1.85. The lowest BCUT2D eigenvalue weighted by Crippen LogP contribution is -2.26. The van der Waals surface area contributed by atoms with E-state index in [1.54, 1.807) is 0 Å². The molecule has 1 fully saturated rings. The van der Waals surface area contributed by atoms with Gasteiger partial charge >= 0.3 is 0 Å². The number of sulfonamides is 1. The molecule has 0 aliphatic carbocycles. The van der Waals surface area contributed by atoms with Crippen LogP contribution in [0.1, 0.15) is 0 Å². The molecule has 1 aliphatic rings. The van der Waals surface area contributed by atoms with Gasteiger partial charge in [-0.25, -0.2) is 18.5 Å². The van der Waals surface area contributed by atoms with Crippen molar-refractivity contribution in [3.05, 3.63) is 0 Å². The molecule has 1 radical (unpaired) electrons. The van der Waals surface area contributed by atoms with Crippen molar-refractivity contribution in [2.45, 2.75) is 0 Å². The molecule has 5 heteroatoms. The summed E-state index contributed by atoms with van der Waals surface area (Å²) in [7, 11) is -2.96. The zero-order chi connectivity index (χ0) is 6.74. The van der Waals surface area contributed by atoms with Gasteiger partial charge in [0.25, 0.3) is 0 Å². The molecule has 1 saturated heterocycles. The maximum Gasteiger partial charge on any atom is 0.212 e. The summed E-state index contributed by atoms with van der Waals surface area (Å²) in [6.07, 6.45) is 0. The Labute approximate surface area is 54.7 Å². The summed E-state index contributed by atoms with van der Waals surface area (Å²) in [6, 6.07) is 0. The molecule has 0 saturated carbocycles. The maximum absolute atomic E-state index is 10.7. The lowest BCUT2D eigenvalue weighted by Gasteiger charge is -1.95. The topological polar surface area (TPSA) is 60.3 Å². The first-order valence-electron chi connectivity index (χ1n) is 2.81. The molecule has 0 aromatic heterocycles. The molecular formula is C4H9N2O2S. The molecule has 53 valence electrons. The quantitative estimate of drug-likeness (QED) is 0.457. The van der Waals surface area contributed by atoms with Crippen LogP contribution in [0, 0.1) is 0 Å². The molecule has 0 bridgehead atoms. The molecule has 0 atom stereocenters. The largest absolute Gasteiger partial charge is 0.239 e. The first kappa shape index (κ1) is 6.98. The Hall–Kier alpha value is -0.130. The van der Waals surface area contributed by atoms with E-state index in [2.05, 4.69) is 10.0 Å². The summed E-state index contributed by atoms with van der Waals surface area (Å²) >= 11 is 0. The number of nitrogens with one attached hydrogen (secondary N) is 1. The van der Waals surface area contributed by atoms with Crippen molar-refractivity contribution in [3.63, 3.8) is 0 Å². The number of nitrogens with zero attached hydrogens (tertiary/aromatic N) is 1. The molecule has 4 nitrogen and oxygen atoms in total. The van der Waals surface area contributed by atoms with Crippen LogP contribution in [0.5, 0.6) is 0 Å². The van der Waals surface area contributed by atoms with Crippen LogP contribution in [0.15, 0.2) is 0 Å². The minimum absolute atomic E-state index is 0.146. The van der Waals surface area contributed by atoms with Gasteiger partial charge in [-0.05, 0) is 0 Å². The van der Waals surface area contributed by atoms with Crippen LogP contribution in [0.2, 0.25) is 0 Å². The molecule has 0 aromatic carbocycles. The minimum Gasteiger partial charge on any atom is -0.239 e. The van der Waals surface area contributed by atoms with E-state index < -0.39 is 10.0 Å². The highest BCUT2D eigenvalue weighted by Gasteiger charge is 2.11. The van der Waals surface area contributed by atoms with Gasteiger partial charge in [0.2, 0.25) is 10.0 Å². The predicted octanol–water partition coefficient (Wildman–Crippen LogP) is -1.48. The third-order valence-corrected chi connectivity index (χ3v) is 2.47. The van der Waals surface area contributed by atoms with E-state index in [1.807, 2.05) is 0 Å². The fourth-order valence-electron chi connectivity index (χ4n) is 0.649. The molecule has 1 N–H and O–H groups in total. The average Bonchev–Trinajstić information content (AvgIpc) is 1.92. The Morgan fingerprint density at radius 3 is 2.89 bits per heavy atom. The Balaban J connectivity index is 2.56. The zero-order valence-corrected chi connectivity index (χ0v) is 5.82. The van der Waals surface area contributed by atoms with Crippen molar-refractivity contribution in [1.29, 1.82) is 0 Å². The Morgan fingerprint density at radius 2 is 2.11 bits per heavy atom. The molecule has 0 spiro atoms. The first-order valence-corrected chi connectivity index (χ1v) is 4.46. The van der Waals surface area contributed by atoms with Crippen LogP contribution in [-0.4, -0.2) is 33.8 Å². The van der Waals surface area contributed by atoms with Gasteiger partial charge in [0, 0.05) is 19.6 Å². The molecule has 0 aromatic rings. The van der Waals surface area contributed by atoms with Crippen molar-refractivity contribution < 1.29 is 8.42 Å². The second-order valence-electron chi connectivity index (χ2n) is 1.88. The van der Waals surface area contributed by atoms with Crippen LogP contribution >= 0.6 is 0 Å². The van der Waals surface area contributed by atoms with Crippen molar-refractivity contribution in [2.75, 3.05) is 25.4 Å². The SMILES string of the molecule is O=S1(=O)CC[N]CCN1. The summed E-state index contributed by atoms with van der Waals surface area (Å²) in [4.78, 5) is 0.